The Hall–Kier alpha value is -3.58. The first-order valence-electron chi connectivity index (χ1n) is 11.8. The number of pyridine rings is 1. The van der Waals surface area contributed by atoms with Crippen LogP contribution >= 0.6 is 11.3 Å². The molecule has 10 nitrogen and oxygen atoms in total. The van der Waals surface area contributed by atoms with E-state index in [9.17, 15) is 13.2 Å². The lowest BCUT2D eigenvalue weighted by Gasteiger charge is -2.26. The van der Waals surface area contributed by atoms with Crippen molar-refractivity contribution in [1.29, 1.82) is 0 Å². The van der Waals surface area contributed by atoms with Gasteiger partial charge in [-0.3, -0.25) is 14.7 Å². The molecule has 1 saturated heterocycles. The highest BCUT2D eigenvalue weighted by Gasteiger charge is 2.27. The van der Waals surface area contributed by atoms with Gasteiger partial charge in [0, 0.05) is 43.2 Å². The van der Waals surface area contributed by atoms with Crippen molar-refractivity contribution in [3.63, 3.8) is 0 Å². The predicted octanol–water partition coefficient (Wildman–Crippen LogP) is 3.58. The fourth-order valence-corrected chi connectivity index (χ4v) is 6.50. The summed E-state index contributed by atoms with van der Waals surface area (Å²) in [4.78, 5) is 24.4. The quantitative estimate of drug-likeness (QED) is 0.325. The topological polar surface area (TPSA) is 111 Å². The van der Waals surface area contributed by atoms with E-state index in [1.54, 1.807) is 43.6 Å². The number of morpholine rings is 1. The number of carbonyl (C=O) groups excluding carboxylic acids is 1. The molecular weight excluding hydrogens is 528 g/mol. The molecule has 5 rings (SSSR count). The standard InChI is InChI=1S/C26H26N4O6S2/c1-34-22-14-21-24(15-23(22)35-2)37-26(28-21)30(17-18-4-3-9-27-16-18)25(31)19-5-7-20(8-6-19)38(32,33)29-10-12-36-13-11-29/h3-9,14-16H,10-13,17H2,1-2H3. The Morgan fingerprint density at radius 3 is 2.45 bits per heavy atom. The van der Waals surface area contributed by atoms with E-state index in [1.165, 1.54) is 39.9 Å². The van der Waals surface area contributed by atoms with Crippen LogP contribution in [-0.4, -0.2) is 69.1 Å². The van der Waals surface area contributed by atoms with Gasteiger partial charge in [0.1, 0.15) is 0 Å². The number of benzene rings is 2. The van der Waals surface area contributed by atoms with Gasteiger partial charge in [-0.05, 0) is 35.9 Å². The molecule has 0 bridgehead atoms. The maximum atomic E-state index is 13.8. The monoisotopic (exact) mass is 554 g/mol. The molecule has 2 aromatic carbocycles. The van der Waals surface area contributed by atoms with Crippen LogP contribution in [0.15, 0.2) is 65.8 Å². The number of anilines is 1. The Balaban J connectivity index is 1.49. The predicted molar refractivity (Wildman–Crippen MR) is 143 cm³/mol. The number of thiazole rings is 1. The van der Waals surface area contributed by atoms with E-state index in [0.29, 0.717) is 54.0 Å². The van der Waals surface area contributed by atoms with Crippen molar-refractivity contribution < 1.29 is 27.4 Å². The number of fused-ring (bicyclic) bond motifs is 1. The maximum absolute atomic E-state index is 13.8. The van der Waals surface area contributed by atoms with Gasteiger partial charge >= 0.3 is 0 Å². The van der Waals surface area contributed by atoms with Crippen molar-refractivity contribution in [2.45, 2.75) is 11.4 Å². The number of ether oxygens (including phenoxy) is 3. The largest absolute Gasteiger partial charge is 0.493 e. The molecule has 2 aromatic heterocycles. The molecule has 1 aliphatic heterocycles. The molecule has 0 spiro atoms. The second kappa shape index (κ2) is 11.0. The lowest BCUT2D eigenvalue weighted by atomic mass is 10.2. The van der Waals surface area contributed by atoms with E-state index in [4.69, 9.17) is 19.2 Å². The summed E-state index contributed by atoms with van der Waals surface area (Å²) in [7, 11) is -0.554. The Kier molecular flexibility index (Phi) is 7.56. The first-order chi connectivity index (χ1) is 18.4. The van der Waals surface area contributed by atoms with Crippen LogP contribution < -0.4 is 14.4 Å². The molecule has 0 radical (unpaired) electrons. The minimum atomic E-state index is -3.67. The van der Waals surface area contributed by atoms with Crippen molar-refractivity contribution in [1.82, 2.24) is 14.3 Å². The second-order valence-corrected chi connectivity index (χ2v) is 11.4. The van der Waals surface area contributed by atoms with Gasteiger partial charge in [0.05, 0.1) is 49.1 Å². The first-order valence-corrected chi connectivity index (χ1v) is 14.1. The van der Waals surface area contributed by atoms with Gasteiger partial charge < -0.3 is 14.2 Å². The van der Waals surface area contributed by atoms with E-state index in [0.717, 1.165) is 10.3 Å². The number of nitrogens with zero attached hydrogens (tertiary/aromatic N) is 4. The summed E-state index contributed by atoms with van der Waals surface area (Å²) < 4.78 is 44.3. The number of rotatable bonds is 8. The molecule has 38 heavy (non-hydrogen) atoms. The van der Waals surface area contributed by atoms with Crippen molar-refractivity contribution in [3.8, 4) is 11.5 Å². The smallest absolute Gasteiger partial charge is 0.260 e. The van der Waals surface area contributed by atoms with E-state index in [2.05, 4.69) is 4.98 Å². The molecule has 0 unspecified atom stereocenters. The molecule has 1 amide bonds. The van der Waals surface area contributed by atoms with Gasteiger partial charge in [-0.25, -0.2) is 13.4 Å². The van der Waals surface area contributed by atoms with Crippen LogP contribution in [0.1, 0.15) is 15.9 Å². The SMILES string of the molecule is COc1cc2nc(N(Cc3cccnc3)C(=O)c3ccc(S(=O)(=O)N4CCOCC4)cc3)sc2cc1OC. The number of amides is 1. The maximum Gasteiger partial charge on any atom is 0.260 e. The molecule has 198 valence electrons. The molecule has 1 fully saturated rings. The number of carbonyl (C=O) groups is 1. The third kappa shape index (κ3) is 5.20. The highest BCUT2D eigenvalue weighted by molar-refractivity contribution is 7.89. The number of hydrogen-bond acceptors (Lipinski definition) is 9. The zero-order valence-electron chi connectivity index (χ0n) is 20.9. The molecule has 0 saturated carbocycles. The van der Waals surface area contributed by atoms with E-state index in [-0.39, 0.29) is 17.3 Å². The zero-order chi connectivity index (χ0) is 26.7. The van der Waals surface area contributed by atoms with Crippen molar-refractivity contribution >= 4 is 42.6 Å². The number of hydrogen-bond donors (Lipinski definition) is 0. The van der Waals surface area contributed by atoms with E-state index < -0.39 is 10.0 Å². The van der Waals surface area contributed by atoms with Gasteiger partial charge in [-0.1, -0.05) is 17.4 Å². The van der Waals surface area contributed by atoms with Crippen LogP contribution in [0.3, 0.4) is 0 Å². The highest BCUT2D eigenvalue weighted by atomic mass is 32.2. The summed E-state index contributed by atoms with van der Waals surface area (Å²) in [6, 6.07) is 13.3. The van der Waals surface area contributed by atoms with Crippen LogP contribution in [0.5, 0.6) is 11.5 Å². The van der Waals surface area contributed by atoms with Gasteiger partial charge in [0.2, 0.25) is 10.0 Å². The van der Waals surface area contributed by atoms with Gasteiger partial charge in [0.25, 0.3) is 5.91 Å². The van der Waals surface area contributed by atoms with Crippen molar-refractivity contribution in [3.05, 3.63) is 72.1 Å². The average Bonchev–Trinajstić information content (AvgIpc) is 3.38. The minimum absolute atomic E-state index is 0.133. The Bertz CT molecular complexity index is 1490. The van der Waals surface area contributed by atoms with E-state index in [1.807, 2.05) is 12.1 Å². The second-order valence-electron chi connectivity index (χ2n) is 8.46. The summed E-state index contributed by atoms with van der Waals surface area (Å²) in [5.41, 5.74) is 1.82. The number of methoxy groups -OCH3 is 2. The summed E-state index contributed by atoms with van der Waals surface area (Å²) in [6.07, 6.45) is 3.36. The fraction of sp³-hybridized carbons (Fsp3) is 0.269. The van der Waals surface area contributed by atoms with Crippen molar-refractivity contribution in [2.24, 2.45) is 0 Å². The lowest BCUT2D eigenvalue weighted by molar-refractivity contribution is 0.0730. The minimum Gasteiger partial charge on any atom is -0.493 e. The van der Waals surface area contributed by atoms with Gasteiger partial charge in [0.15, 0.2) is 16.6 Å². The zero-order valence-corrected chi connectivity index (χ0v) is 22.5. The molecule has 3 heterocycles. The lowest BCUT2D eigenvalue weighted by Crippen LogP contribution is -2.40. The molecule has 4 aromatic rings. The van der Waals surface area contributed by atoms with Crippen LogP contribution in [0, 0.1) is 0 Å². The first kappa shape index (κ1) is 26.0. The van der Waals surface area contributed by atoms with Crippen molar-refractivity contribution in [2.75, 3.05) is 45.4 Å². The molecule has 0 atom stereocenters. The molecular formula is C26H26N4O6S2. The normalized spacial score (nSPS) is 14.4. The summed E-state index contributed by atoms with van der Waals surface area (Å²) in [6.45, 7) is 1.55. The van der Waals surface area contributed by atoms with Crippen LogP contribution in [0.2, 0.25) is 0 Å². The Morgan fingerprint density at radius 1 is 1.08 bits per heavy atom. The van der Waals surface area contributed by atoms with E-state index >= 15 is 0 Å². The van der Waals surface area contributed by atoms with Crippen LogP contribution in [0.25, 0.3) is 10.2 Å². The molecule has 12 heteroatoms. The molecule has 1 aliphatic rings. The van der Waals surface area contributed by atoms with Crippen LogP contribution in [-0.2, 0) is 21.3 Å². The fourth-order valence-electron chi connectivity index (χ4n) is 4.12. The molecule has 0 aliphatic carbocycles. The summed E-state index contributed by atoms with van der Waals surface area (Å²) in [5, 5.41) is 0.481. The number of sulfonamides is 1. The summed E-state index contributed by atoms with van der Waals surface area (Å²) in [5.74, 6) is 0.790. The summed E-state index contributed by atoms with van der Waals surface area (Å²) >= 11 is 1.35. The third-order valence-electron chi connectivity index (χ3n) is 6.13. The molecule has 0 N–H and O–H groups in total. The number of aromatic nitrogens is 2. The Labute approximate surface area is 224 Å². The highest BCUT2D eigenvalue weighted by Crippen LogP contribution is 2.38. The van der Waals surface area contributed by atoms with Gasteiger partial charge in [-0.15, -0.1) is 0 Å². The third-order valence-corrected chi connectivity index (χ3v) is 9.09. The van der Waals surface area contributed by atoms with Gasteiger partial charge in [-0.2, -0.15) is 4.31 Å². The Morgan fingerprint density at radius 2 is 1.79 bits per heavy atom. The van der Waals surface area contributed by atoms with Crippen LogP contribution in [0.4, 0.5) is 5.13 Å². The average molecular weight is 555 g/mol.